The highest BCUT2D eigenvalue weighted by atomic mass is 16.2. The summed E-state index contributed by atoms with van der Waals surface area (Å²) in [6.07, 6.45) is 2.68. The van der Waals surface area contributed by atoms with Crippen LogP contribution < -0.4 is 11.1 Å². The van der Waals surface area contributed by atoms with Crippen LogP contribution in [0.15, 0.2) is 12.7 Å². The largest absolute Gasteiger partial charge is 0.369 e. The van der Waals surface area contributed by atoms with E-state index >= 15 is 0 Å². The molecule has 0 aliphatic carbocycles. The second kappa shape index (κ2) is 6.91. The standard InChI is InChI=1S/C16H30N2O2/c1-8-9-11(13(17)19)12(10-15(2,3)4)14(20)18-16(5,6)7/h8,11-12H,1,9-10H2,2-7H3,(H2,17,19)(H,18,20)/t11-,12+/m0/s1. The minimum Gasteiger partial charge on any atom is -0.369 e. The van der Waals surface area contributed by atoms with Gasteiger partial charge in [0.1, 0.15) is 0 Å². The lowest BCUT2D eigenvalue weighted by Gasteiger charge is -2.32. The molecule has 0 saturated carbocycles. The van der Waals surface area contributed by atoms with E-state index in [9.17, 15) is 9.59 Å². The molecule has 0 aromatic rings. The molecule has 0 bridgehead atoms. The summed E-state index contributed by atoms with van der Waals surface area (Å²) < 4.78 is 0. The fraction of sp³-hybridized carbons (Fsp3) is 0.750. The maximum atomic E-state index is 12.5. The van der Waals surface area contributed by atoms with Gasteiger partial charge in [0.25, 0.3) is 0 Å². The number of carbonyl (C=O) groups excluding carboxylic acids is 2. The van der Waals surface area contributed by atoms with Crippen molar-refractivity contribution in [2.75, 3.05) is 0 Å². The van der Waals surface area contributed by atoms with E-state index in [-0.39, 0.29) is 16.9 Å². The average molecular weight is 282 g/mol. The van der Waals surface area contributed by atoms with Gasteiger partial charge in [-0.15, -0.1) is 6.58 Å². The fourth-order valence-corrected chi connectivity index (χ4v) is 2.20. The van der Waals surface area contributed by atoms with Gasteiger partial charge in [0.2, 0.25) is 11.8 Å². The van der Waals surface area contributed by atoms with Crippen LogP contribution in [-0.2, 0) is 9.59 Å². The minimum absolute atomic E-state index is 0.0608. The molecule has 0 heterocycles. The third kappa shape index (κ3) is 7.31. The van der Waals surface area contributed by atoms with Gasteiger partial charge in [-0.25, -0.2) is 0 Å². The number of amides is 2. The molecule has 4 nitrogen and oxygen atoms in total. The molecule has 0 saturated heterocycles. The number of nitrogens with two attached hydrogens (primary N) is 1. The van der Waals surface area contributed by atoms with Crippen LogP contribution in [0.25, 0.3) is 0 Å². The van der Waals surface area contributed by atoms with Crippen molar-refractivity contribution in [1.29, 1.82) is 0 Å². The Labute approximate surface area is 123 Å². The molecule has 0 spiro atoms. The summed E-state index contributed by atoms with van der Waals surface area (Å²) in [4.78, 5) is 24.2. The van der Waals surface area contributed by atoms with Crippen LogP contribution in [0.2, 0.25) is 0 Å². The third-order valence-electron chi connectivity index (χ3n) is 2.94. The van der Waals surface area contributed by atoms with Crippen molar-refractivity contribution in [3.05, 3.63) is 12.7 Å². The summed E-state index contributed by atoms with van der Waals surface area (Å²) in [5.74, 6) is -1.49. The first-order chi connectivity index (χ1) is 8.87. The van der Waals surface area contributed by atoms with Crippen LogP contribution in [0.5, 0.6) is 0 Å². The molecule has 0 aliphatic rings. The summed E-state index contributed by atoms with van der Waals surface area (Å²) in [6.45, 7) is 15.6. The summed E-state index contributed by atoms with van der Waals surface area (Å²) in [7, 11) is 0. The lowest BCUT2D eigenvalue weighted by atomic mass is 9.76. The van der Waals surface area contributed by atoms with Gasteiger partial charge in [0.05, 0.1) is 11.8 Å². The average Bonchev–Trinajstić information content (AvgIpc) is 2.18. The maximum absolute atomic E-state index is 12.5. The Morgan fingerprint density at radius 2 is 1.65 bits per heavy atom. The highest BCUT2D eigenvalue weighted by Crippen LogP contribution is 2.31. The summed E-state index contributed by atoms with van der Waals surface area (Å²) in [5, 5.41) is 2.95. The van der Waals surface area contributed by atoms with Crippen LogP contribution in [0.1, 0.15) is 54.4 Å². The van der Waals surface area contributed by atoms with Crippen LogP contribution in [0.4, 0.5) is 0 Å². The number of hydrogen-bond donors (Lipinski definition) is 2. The number of allylic oxidation sites excluding steroid dienone is 1. The molecule has 0 aromatic heterocycles. The smallest absolute Gasteiger partial charge is 0.224 e. The van der Waals surface area contributed by atoms with Gasteiger partial charge in [-0.3, -0.25) is 9.59 Å². The molecule has 2 atom stereocenters. The Morgan fingerprint density at radius 3 is 1.95 bits per heavy atom. The Kier molecular flexibility index (Phi) is 6.45. The van der Waals surface area contributed by atoms with E-state index < -0.39 is 17.7 Å². The lowest BCUT2D eigenvalue weighted by Crippen LogP contribution is -2.48. The Balaban J connectivity index is 5.29. The van der Waals surface area contributed by atoms with Crippen LogP contribution >= 0.6 is 0 Å². The van der Waals surface area contributed by atoms with Gasteiger partial charge < -0.3 is 11.1 Å². The number of nitrogens with one attached hydrogen (secondary N) is 1. The quantitative estimate of drug-likeness (QED) is 0.735. The van der Waals surface area contributed by atoms with Gasteiger partial charge >= 0.3 is 0 Å². The van der Waals surface area contributed by atoms with Gasteiger partial charge in [-0.2, -0.15) is 0 Å². The van der Waals surface area contributed by atoms with Gasteiger partial charge in [-0.1, -0.05) is 26.8 Å². The van der Waals surface area contributed by atoms with E-state index in [1.165, 1.54) is 0 Å². The van der Waals surface area contributed by atoms with E-state index in [2.05, 4.69) is 32.7 Å². The number of primary amides is 1. The molecule has 0 aliphatic heterocycles. The van der Waals surface area contributed by atoms with Crippen molar-refractivity contribution < 1.29 is 9.59 Å². The summed E-state index contributed by atoms with van der Waals surface area (Å²) in [6, 6.07) is 0. The molecule has 3 N–H and O–H groups in total. The highest BCUT2D eigenvalue weighted by Gasteiger charge is 2.35. The van der Waals surface area contributed by atoms with Crippen LogP contribution in [0, 0.1) is 17.3 Å². The molecule has 20 heavy (non-hydrogen) atoms. The van der Waals surface area contributed by atoms with E-state index in [4.69, 9.17) is 5.73 Å². The number of hydrogen-bond acceptors (Lipinski definition) is 2. The highest BCUT2D eigenvalue weighted by molar-refractivity contribution is 5.87. The van der Waals surface area contributed by atoms with Crippen molar-refractivity contribution in [3.63, 3.8) is 0 Å². The lowest BCUT2D eigenvalue weighted by molar-refractivity contribution is -0.135. The molecule has 0 unspecified atom stereocenters. The second-order valence-corrected chi connectivity index (χ2v) is 7.64. The predicted molar refractivity (Wildman–Crippen MR) is 83.0 cm³/mol. The van der Waals surface area contributed by atoms with Crippen molar-refractivity contribution >= 4 is 11.8 Å². The topological polar surface area (TPSA) is 72.2 Å². The second-order valence-electron chi connectivity index (χ2n) is 7.64. The summed E-state index contributed by atoms with van der Waals surface area (Å²) >= 11 is 0. The molecule has 0 radical (unpaired) electrons. The maximum Gasteiger partial charge on any atom is 0.224 e. The first-order valence-electron chi connectivity index (χ1n) is 7.09. The molecular formula is C16H30N2O2. The van der Waals surface area contributed by atoms with Crippen molar-refractivity contribution in [1.82, 2.24) is 5.32 Å². The minimum atomic E-state index is -0.505. The molecule has 2 amide bonds. The first-order valence-corrected chi connectivity index (χ1v) is 7.09. The molecule has 0 aromatic carbocycles. The fourth-order valence-electron chi connectivity index (χ4n) is 2.20. The first kappa shape index (κ1) is 18.7. The van der Waals surface area contributed by atoms with E-state index in [1.54, 1.807) is 6.08 Å². The zero-order valence-electron chi connectivity index (χ0n) is 13.7. The molecule has 4 heteroatoms. The normalized spacial score (nSPS) is 15.3. The molecule has 116 valence electrons. The predicted octanol–water partition coefficient (Wildman–Crippen LogP) is 2.63. The van der Waals surface area contributed by atoms with Crippen LogP contribution in [0.3, 0.4) is 0 Å². The van der Waals surface area contributed by atoms with E-state index in [1.807, 2.05) is 20.8 Å². The Bertz CT molecular complexity index is 362. The zero-order valence-corrected chi connectivity index (χ0v) is 13.7. The monoisotopic (exact) mass is 282 g/mol. The van der Waals surface area contributed by atoms with Gasteiger partial charge in [0, 0.05) is 5.54 Å². The van der Waals surface area contributed by atoms with E-state index in [0.29, 0.717) is 12.8 Å². The van der Waals surface area contributed by atoms with Crippen LogP contribution in [-0.4, -0.2) is 17.4 Å². The number of carbonyl (C=O) groups is 2. The Morgan fingerprint density at radius 1 is 1.15 bits per heavy atom. The summed E-state index contributed by atoms with van der Waals surface area (Å²) in [5.41, 5.74) is 5.09. The molecule has 0 rings (SSSR count). The van der Waals surface area contributed by atoms with Crippen molar-refractivity contribution in [2.24, 2.45) is 23.0 Å². The number of rotatable bonds is 6. The SMILES string of the molecule is C=CC[C@H](C(N)=O)[C@@H](CC(C)(C)C)C(=O)NC(C)(C)C. The molecular weight excluding hydrogens is 252 g/mol. The molecule has 0 fully saturated rings. The van der Waals surface area contributed by atoms with Gasteiger partial charge in [-0.05, 0) is 39.0 Å². The van der Waals surface area contributed by atoms with E-state index in [0.717, 1.165) is 0 Å². The van der Waals surface area contributed by atoms with Crippen molar-refractivity contribution in [3.8, 4) is 0 Å². The zero-order chi connectivity index (χ0) is 16.1. The van der Waals surface area contributed by atoms with Gasteiger partial charge in [0.15, 0.2) is 0 Å². The van der Waals surface area contributed by atoms with Crippen molar-refractivity contribution in [2.45, 2.75) is 59.9 Å². The Hall–Kier alpha value is -1.32. The third-order valence-corrected chi connectivity index (χ3v) is 2.94.